The molecule has 0 aromatic carbocycles. The average molecular weight is 196 g/mol. The van der Waals surface area contributed by atoms with E-state index >= 15 is 0 Å². The maximum absolute atomic E-state index is 5.22. The summed E-state index contributed by atoms with van der Waals surface area (Å²) in [5.41, 5.74) is -0.00801. The molecule has 13 heavy (non-hydrogen) atoms. The molecular formula is C10H16N2S. The summed E-state index contributed by atoms with van der Waals surface area (Å²) >= 11 is 5.22. The SMILES string of the molecule is C=c1/c(=C/C)[nH]c(=S)n1C(C)(C)C. The number of H-pyrrole nitrogens is 1. The minimum atomic E-state index is -0.00801. The van der Waals surface area contributed by atoms with Crippen molar-refractivity contribution in [1.82, 2.24) is 9.55 Å². The van der Waals surface area contributed by atoms with Gasteiger partial charge in [0.2, 0.25) is 0 Å². The van der Waals surface area contributed by atoms with Gasteiger partial charge in [0.15, 0.2) is 4.77 Å². The van der Waals surface area contributed by atoms with Gasteiger partial charge in [-0.05, 0) is 39.9 Å². The lowest BCUT2D eigenvalue weighted by Gasteiger charge is -2.20. The summed E-state index contributed by atoms with van der Waals surface area (Å²) in [6, 6.07) is 0. The first-order valence-electron chi connectivity index (χ1n) is 4.34. The highest BCUT2D eigenvalue weighted by Crippen LogP contribution is 2.09. The number of hydrogen-bond acceptors (Lipinski definition) is 1. The highest BCUT2D eigenvalue weighted by molar-refractivity contribution is 7.71. The summed E-state index contributed by atoms with van der Waals surface area (Å²) in [4.78, 5) is 3.13. The van der Waals surface area contributed by atoms with Crippen molar-refractivity contribution >= 4 is 24.9 Å². The number of nitrogens with one attached hydrogen (secondary N) is 1. The first-order valence-corrected chi connectivity index (χ1v) is 4.75. The molecule has 2 nitrogen and oxygen atoms in total. The van der Waals surface area contributed by atoms with Gasteiger partial charge in [0.05, 0.1) is 10.7 Å². The van der Waals surface area contributed by atoms with Crippen molar-refractivity contribution < 1.29 is 0 Å². The van der Waals surface area contributed by atoms with Crippen molar-refractivity contribution in [2.24, 2.45) is 0 Å². The molecule has 1 rings (SSSR count). The Morgan fingerprint density at radius 2 is 2.00 bits per heavy atom. The van der Waals surface area contributed by atoms with Crippen LogP contribution >= 0.6 is 12.2 Å². The highest BCUT2D eigenvalue weighted by atomic mass is 32.1. The van der Waals surface area contributed by atoms with E-state index in [1.807, 2.05) is 17.6 Å². The smallest absolute Gasteiger partial charge is 0.178 e. The van der Waals surface area contributed by atoms with Gasteiger partial charge in [-0.1, -0.05) is 12.7 Å². The average Bonchev–Trinajstić information content (AvgIpc) is 2.24. The Balaban J connectivity index is 3.68. The van der Waals surface area contributed by atoms with Crippen molar-refractivity contribution in [1.29, 1.82) is 0 Å². The lowest BCUT2D eigenvalue weighted by Crippen LogP contribution is -2.36. The molecule has 1 aromatic heterocycles. The quantitative estimate of drug-likeness (QED) is 0.624. The molecule has 0 aliphatic carbocycles. The molecule has 0 saturated carbocycles. The van der Waals surface area contributed by atoms with Crippen LogP contribution in [-0.2, 0) is 5.54 Å². The number of nitrogens with zero attached hydrogens (tertiary/aromatic N) is 1. The van der Waals surface area contributed by atoms with Crippen LogP contribution in [-0.4, -0.2) is 9.55 Å². The summed E-state index contributed by atoms with van der Waals surface area (Å²) in [5.74, 6) is 0. The van der Waals surface area contributed by atoms with E-state index in [0.29, 0.717) is 0 Å². The lowest BCUT2D eigenvalue weighted by molar-refractivity contribution is 0.383. The summed E-state index contributed by atoms with van der Waals surface area (Å²) < 4.78 is 2.78. The highest BCUT2D eigenvalue weighted by Gasteiger charge is 2.14. The number of imidazole rings is 1. The van der Waals surface area contributed by atoms with Crippen LogP contribution in [0, 0.1) is 4.77 Å². The lowest BCUT2D eigenvalue weighted by atomic mass is 10.1. The van der Waals surface area contributed by atoms with Crippen LogP contribution in [0.5, 0.6) is 0 Å². The van der Waals surface area contributed by atoms with Gasteiger partial charge < -0.3 is 9.55 Å². The van der Waals surface area contributed by atoms with E-state index in [2.05, 4.69) is 32.3 Å². The molecule has 0 aliphatic rings. The summed E-state index contributed by atoms with van der Waals surface area (Å²) in [5, 5.41) is 1.97. The Morgan fingerprint density at radius 3 is 2.23 bits per heavy atom. The minimum Gasteiger partial charge on any atom is -0.331 e. The van der Waals surface area contributed by atoms with Crippen LogP contribution in [0.4, 0.5) is 0 Å². The second-order valence-corrected chi connectivity index (χ2v) is 4.47. The van der Waals surface area contributed by atoms with Gasteiger partial charge in [-0.2, -0.15) is 0 Å². The molecule has 0 bridgehead atoms. The van der Waals surface area contributed by atoms with Gasteiger partial charge in [-0.3, -0.25) is 0 Å². The maximum Gasteiger partial charge on any atom is 0.178 e. The molecular weight excluding hydrogens is 180 g/mol. The molecule has 72 valence electrons. The van der Waals surface area contributed by atoms with Crippen LogP contribution < -0.4 is 10.7 Å². The van der Waals surface area contributed by atoms with E-state index in [4.69, 9.17) is 12.2 Å². The zero-order chi connectivity index (χ0) is 10.2. The molecule has 0 fully saturated rings. The van der Waals surface area contributed by atoms with Crippen LogP contribution in [0.2, 0.25) is 0 Å². The molecule has 3 heteroatoms. The predicted octanol–water partition coefficient (Wildman–Crippen LogP) is 1.51. The molecule has 0 spiro atoms. The van der Waals surface area contributed by atoms with E-state index in [9.17, 15) is 0 Å². The Bertz CT molecular complexity index is 457. The van der Waals surface area contributed by atoms with Gasteiger partial charge in [-0.15, -0.1) is 0 Å². The number of aromatic nitrogens is 2. The van der Waals surface area contributed by atoms with E-state index < -0.39 is 0 Å². The van der Waals surface area contributed by atoms with Crippen molar-refractivity contribution in [3.05, 3.63) is 15.5 Å². The fraction of sp³-hybridized carbons (Fsp3) is 0.500. The Kier molecular flexibility index (Phi) is 2.48. The van der Waals surface area contributed by atoms with Crippen molar-refractivity contribution in [3.63, 3.8) is 0 Å². The molecule has 1 aromatic rings. The maximum atomic E-state index is 5.22. The van der Waals surface area contributed by atoms with Gasteiger partial charge in [-0.25, -0.2) is 0 Å². The minimum absolute atomic E-state index is 0.00801. The predicted molar refractivity (Wildman–Crippen MR) is 59.5 cm³/mol. The molecule has 1 N–H and O–H groups in total. The second kappa shape index (κ2) is 3.14. The third-order valence-corrected chi connectivity index (χ3v) is 2.27. The molecule has 0 aliphatic heterocycles. The van der Waals surface area contributed by atoms with Crippen molar-refractivity contribution in [2.45, 2.75) is 33.2 Å². The summed E-state index contributed by atoms with van der Waals surface area (Å²) in [6.45, 7) is 12.3. The van der Waals surface area contributed by atoms with Crippen LogP contribution in [0.1, 0.15) is 27.7 Å². The topological polar surface area (TPSA) is 20.7 Å². The second-order valence-electron chi connectivity index (χ2n) is 4.09. The molecule has 1 heterocycles. The van der Waals surface area contributed by atoms with Gasteiger partial charge in [0, 0.05) is 5.54 Å². The molecule has 0 saturated heterocycles. The summed E-state index contributed by atoms with van der Waals surface area (Å²) in [7, 11) is 0. The first-order chi connectivity index (χ1) is 5.88. The van der Waals surface area contributed by atoms with Crippen LogP contribution in [0.25, 0.3) is 12.7 Å². The fourth-order valence-corrected chi connectivity index (χ4v) is 1.93. The van der Waals surface area contributed by atoms with Gasteiger partial charge in [0.1, 0.15) is 0 Å². The summed E-state index contributed by atoms with van der Waals surface area (Å²) in [6.07, 6.45) is 1.99. The third kappa shape index (κ3) is 1.75. The molecule has 0 radical (unpaired) electrons. The third-order valence-electron chi connectivity index (χ3n) is 1.99. The first kappa shape index (κ1) is 10.3. The van der Waals surface area contributed by atoms with Crippen LogP contribution in [0.3, 0.4) is 0 Å². The number of rotatable bonds is 0. The molecule has 0 unspecified atom stereocenters. The van der Waals surface area contributed by atoms with Crippen molar-refractivity contribution in [3.8, 4) is 0 Å². The Morgan fingerprint density at radius 1 is 1.46 bits per heavy atom. The number of hydrogen-bond donors (Lipinski definition) is 1. The van der Waals surface area contributed by atoms with E-state index in [0.717, 1.165) is 15.5 Å². The molecule has 0 amide bonds. The normalized spacial score (nSPS) is 13.7. The van der Waals surface area contributed by atoms with Gasteiger partial charge in [0.25, 0.3) is 0 Å². The largest absolute Gasteiger partial charge is 0.331 e. The fourth-order valence-electron chi connectivity index (χ4n) is 1.43. The zero-order valence-corrected chi connectivity index (χ0v) is 9.46. The monoisotopic (exact) mass is 196 g/mol. The van der Waals surface area contributed by atoms with Gasteiger partial charge >= 0.3 is 0 Å². The Labute approximate surface area is 83.6 Å². The number of aromatic amines is 1. The van der Waals surface area contributed by atoms with E-state index in [1.165, 1.54) is 0 Å². The zero-order valence-electron chi connectivity index (χ0n) is 8.64. The van der Waals surface area contributed by atoms with Crippen LogP contribution in [0.15, 0.2) is 0 Å². The van der Waals surface area contributed by atoms with E-state index in [-0.39, 0.29) is 5.54 Å². The van der Waals surface area contributed by atoms with E-state index in [1.54, 1.807) is 0 Å². The standard InChI is InChI=1S/C10H16N2S/c1-6-8-7(2)12(9(13)11-8)10(3,4)5/h6H,2H2,1,3-5H3,(H,11,13)/b8-6-. The molecule has 0 atom stereocenters. The van der Waals surface area contributed by atoms with Crippen molar-refractivity contribution in [2.75, 3.05) is 0 Å². The Hall–Kier alpha value is -0.830.